The molecule has 5 amide bonds. The number of aryl methyl sites for hydroxylation is 1. The van der Waals surface area contributed by atoms with Gasteiger partial charge in [-0.05, 0) is 30.2 Å². The molecular weight excluding hydrogens is 336 g/mol. The van der Waals surface area contributed by atoms with E-state index in [1.165, 1.54) is 0 Å². The summed E-state index contributed by atoms with van der Waals surface area (Å²) < 4.78 is 0. The van der Waals surface area contributed by atoms with Crippen molar-refractivity contribution in [2.45, 2.75) is 13.3 Å². The summed E-state index contributed by atoms with van der Waals surface area (Å²) in [6.07, 6.45) is 0.0899. The third kappa shape index (κ3) is 2.88. The first-order chi connectivity index (χ1) is 11.4. The van der Waals surface area contributed by atoms with Gasteiger partial charge in [0.25, 0.3) is 0 Å². The molecule has 0 aromatic heterocycles. The molecule has 2 heterocycles. The monoisotopic (exact) mass is 348 g/mol. The highest BCUT2D eigenvalue weighted by Gasteiger charge is 2.45. The molecule has 1 unspecified atom stereocenters. The van der Waals surface area contributed by atoms with Crippen molar-refractivity contribution in [3.8, 4) is 0 Å². The highest BCUT2D eigenvalue weighted by atomic mass is 35.5. The van der Waals surface area contributed by atoms with Gasteiger partial charge in [0.15, 0.2) is 0 Å². The number of halogens is 1. The number of hydrogen-bond acceptors (Lipinski definition) is 5. The number of nitrogens with zero attached hydrogens (tertiary/aromatic N) is 1. The molecule has 3 N–H and O–H groups in total. The summed E-state index contributed by atoms with van der Waals surface area (Å²) in [5, 5.41) is 8.61. The lowest BCUT2D eigenvalue weighted by Crippen LogP contribution is -2.60. The number of amides is 5. The number of benzene rings is 1. The van der Waals surface area contributed by atoms with Gasteiger partial charge in [-0.3, -0.25) is 25.0 Å². The van der Waals surface area contributed by atoms with E-state index in [9.17, 15) is 19.2 Å². The van der Waals surface area contributed by atoms with Gasteiger partial charge in [0, 0.05) is 11.4 Å². The van der Waals surface area contributed by atoms with Crippen LogP contribution >= 0.6 is 11.6 Å². The SMILES string of the molecule is Cc1cc(C2=NNC(=O)C(C3C(=O)NC(=O)NC3=O)C2)ccc1Cl. The molecule has 24 heavy (non-hydrogen) atoms. The van der Waals surface area contributed by atoms with E-state index in [-0.39, 0.29) is 6.42 Å². The van der Waals surface area contributed by atoms with Crippen molar-refractivity contribution in [3.63, 3.8) is 0 Å². The minimum absolute atomic E-state index is 0.0899. The molecule has 1 saturated heterocycles. The van der Waals surface area contributed by atoms with Crippen molar-refractivity contribution < 1.29 is 19.2 Å². The number of hydrazone groups is 1. The lowest BCUT2D eigenvalue weighted by molar-refractivity contribution is -0.143. The van der Waals surface area contributed by atoms with Crippen LogP contribution in [0.2, 0.25) is 5.02 Å². The van der Waals surface area contributed by atoms with Crippen LogP contribution in [0.1, 0.15) is 17.5 Å². The number of barbiturate groups is 1. The van der Waals surface area contributed by atoms with Crippen LogP contribution < -0.4 is 16.1 Å². The summed E-state index contributed by atoms with van der Waals surface area (Å²) in [7, 11) is 0. The van der Waals surface area contributed by atoms with E-state index in [0.717, 1.165) is 11.1 Å². The van der Waals surface area contributed by atoms with Crippen LogP contribution in [0.15, 0.2) is 23.3 Å². The molecule has 0 saturated carbocycles. The van der Waals surface area contributed by atoms with Gasteiger partial charge in [-0.15, -0.1) is 0 Å². The van der Waals surface area contributed by atoms with Gasteiger partial charge in [0.05, 0.1) is 11.6 Å². The van der Waals surface area contributed by atoms with Gasteiger partial charge >= 0.3 is 6.03 Å². The molecule has 1 aromatic rings. The van der Waals surface area contributed by atoms with E-state index in [1.807, 2.05) is 17.6 Å². The van der Waals surface area contributed by atoms with Crippen LogP contribution in [0.4, 0.5) is 4.79 Å². The molecule has 1 fully saturated rings. The first-order valence-electron chi connectivity index (χ1n) is 7.15. The number of hydrogen-bond donors (Lipinski definition) is 3. The average molecular weight is 349 g/mol. The molecule has 1 aromatic carbocycles. The van der Waals surface area contributed by atoms with Crippen LogP contribution in [-0.2, 0) is 14.4 Å². The Kier molecular flexibility index (Phi) is 4.06. The highest BCUT2D eigenvalue weighted by molar-refractivity contribution is 6.31. The first-order valence-corrected chi connectivity index (χ1v) is 7.53. The summed E-state index contributed by atoms with van der Waals surface area (Å²) in [5.74, 6) is -4.38. The zero-order valence-corrected chi connectivity index (χ0v) is 13.3. The fourth-order valence-corrected chi connectivity index (χ4v) is 2.84. The van der Waals surface area contributed by atoms with E-state index in [1.54, 1.807) is 18.2 Å². The predicted molar refractivity (Wildman–Crippen MR) is 84.1 cm³/mol. The number of carbonyl (C=O) groups excluding carboxylic acids is 4. The van der Waals surface area contributed by atoms with Crippen molar-refractivity contribution in [1.29, 1.82) is 0 Å². The highest BCUT2D eigenvalue weighted by Crippen LogP contribution is 2.26. The molecule has 0 bridgehead atoms. The van der Waals surface area contributed by atoms with Crippen molar-refractivity contribution in [3.05, 3.63) is 34.3 Å². The topological polar surface area (TPSA) is 117 Å². The Balaban J connectivity index is 1.88. The zero-order chi connectivity index (χ0) is 17.4. The maximum Gasteiger partial charge on any atom is 0.328 e. The van der Waals surface area contributed by atoms with Crippen LogP contribution in [0.5, 0.6) is 0 Å². The largest absolute Gasteiger partial charge is 0.328 e. The second-order valence-electron chi connectivity index (χ2n) is 5.59. The van der Waals surface area contributed by atoms with E-state index in [4.69, 9.17) is 11.6 Å². The Labute approximate surface area is 141 Å². The van der Waals surface area contributed by atoms with Crippen molar-refractivity contribution in [2.24, 2.45) is 16.9 Å². The summed E-state index contributed by atoms with van der Waals surface area (Å²) in [5.41, 5.74) is 4.43. The molecule has 0 aliphatic carbocycles. The number of imide groups is 2. The molecule has 9 heteroatoms. The van der Waals surface area contributed by atoms with E-state index >= 15 is 0 Å². The van der Waals surface area contributed by atoms with Gasteiger partial charge in [-0.1, -0.05) is 17.7 Å². The minimum Gasteiger partial charge on any atom is -0.277 e. The maximum atomic E-state index is 12.1. The zero-order valence-electron chi connectivity index (χ0n) is 12.6. The van der Waals surface area contributed by atoms with E-state index in [2.05, 4.69) is 10.5 Å². The molecule has 3 rings (SSSR count). The van der Waals surface area contributed by atoms with Crippen LogP contribution in [0.25, 0.3) is 0 Å². The molecule has 0 spiro atoms. The Bertz CT molecular complexity index is 785. The van der Waals surface area contributed by atoms with Gasteiger partial charge in [-0.25, -0.2) is 10.2 Å². The van der Waals surface area contributed by atoms with Crippen molar-refractivity contribution in [1.82, 2.24) is 16.1 Å². The molecular formula is C15H13ClN4O4. The van der Waals surface area contributed by atoms with Crippen LogP contribution in [-0.4, -0.2) is 29.5 Å². The number of rotatable bonds is 2. The molecule has 2 aliphatic rings. The van der Waals surface area contributed by atoms with Gasteiger partial charge in [0.2, 0.25) is 17.7 Å². The summed E-state index contributed by atoms with van der Waals surface area (Å²) in [6, 6.07) is 4.37. The fourth-order valence-electron chi connectivity index (χ4n) is 2.72. The smallest absolute Gasteiger partial charge is 0.277 e. The van der Waals surface area contributed by atoms with Gasteiger partial charge in [-0.2, -0.15) is 5.10 Å². The lowest BCUT2D eigenvalue weighted by atomic mass is 9.82. The fraction of sp³-hybridized carbons (Fsp3) is 0.267. The third-order valence-corrected chi connectivity index (χ3v) is 4.41. The second kappa shape index (κ2) is 6.04. The Hall–Kier alpha value is -2.74. The maximum absolute atomic E-state index is 12.1. The van der Waals surface area contributed by atoms with E-state index < -0.39 is 35.6 Å². The summed E-state index contributed by atoms with van der Waals surface area (Å²) in [6.45, 7) is 1.83. The molecule has 1 atom stereocenters. The average Bonchev–Trinajstić information content (AvgIpc) is 2.51. The van der Waals surface area contributed by atoms with Crippen molar-refractivity contribution >= 4 is 41.1 Å². The predicted octanol–water partition coefficient (Wildman–Crippen LogP) is 0.471. The molecule has 2 aliphatic heterocycles. The number of carbonyl (C=O) groups is 4. The lowest BCUT2D eigenvalue weighted by Gasteiger charge is -2.29. The Morgan fingerprint density at radius 1 is 1.08 bits per heavy atom. The Morgan fingerprint density at radius 3 is 2.38 bits per heavy atom. The third-order valence-electron chi connectivity index (χ3n) is 3.98. The molecule has 0 radical (unpaired) electrons. The molecule has 8 nitrogen and oxygen atoms in total. The number of nitrogens with one attached hydrogen (secondary N) is 3. The minimum atomic E-state index is -1.29. The first kappa shape index (κ1) is 16.1. The second-order valence-corrected chi connectivity index (χ2v) is 6.00. The van der Waals surface area contributed by atoms with Crippen LogP contribution in [0.3, 0.4) is 0 Å². The van der Waals surface area contributed by atoms with Crippen LogP contribution in [0, 0.1) is 18.8 Å². The Morgan fingerprint density at radius 2 is 1.75 bits per heavy atom. The quantitative estimate of drug-likeness (QED) is 0.673. The van der Waals surface area contributed by atoms with E-state index in [0.29, 0.717) is 10.7 Å². The number of urea groups is 1. The van der Waals surface area contributed by atoms with Gasteiger partial charge in [0.1, 0.15) is 5.92 Å². The van der Waals surface area contributed by atoms with Gasteiger partial charge < -0.3 is 0 Å². The molecule has 124 valence electrons. The standard InChI is InChI=1S/C15H13ClN4O4/c1-6-4-7(2-3-9(6)16)10-5-8(12(21)20-19-10)11-13(22)17-15(24)18-14(11)23/h2-4,8,11H,5H2,1H3,(H,20,21)(H2,17,18,22,23,24). The van der Waals surface area contributed by atoms with Crippen molar-refractivity contribution in [2.75, 3.05) is 0 Å². The normalized spacial score (nSPS) is 21.8. The summed E-state index contributed by atoms with van der Waals surface area (Å²) >= 11 is 6.00. The summed E-state index contributed by atoms with van der Waals surface area (Å²) in [4.78, 5) is 47.2.